The van der Waals surface area contributed by atoms with Crippen molar-refractivity contribution in [2.45, 2.75) is 19.9 Å². The molecule has 1 unspecified atom stereocenters. The summed E-state index contributed by atoms with van der Waals surface area (Å²) >= 11 is 12.6. The van der Waals surface area contributed by atoms with Gasteiger partial charge in [-0.05, 0) is 44.2 Å². The van der Waals surface area contributed by atoms with Crippen LogP contribution in [0.1, 0.15) is 25.5 Å². The van der Waals surface area contributed by atoms with E-state index in [-0.39, 0.29) is 16.7 Å². The summed E-state index contributed by atoms with van der Waals surface area (Å²) in [7, 11) is 1.55. The molecule has 0 bridgehead atoms. The third kappa shape index (κ3) is 4.89. The molecule has 0 aliphatic rings. The van der Waals surface area contributed by atoms with Gasteiger partial charge in [-0.3, -0.25) is 9.59 Å². The zero-order chi connectivity index (χ0) is 23.3. The Morgan fingerprint density at radius 2 is 1.66 bits per heavy atom. The van der Waals surface area contributed by atoms with Gasteiger partial charge in [0, 0.05) is 23.7 Å². The smallest absolute Gasteiger partial charge is 0.312 e. The molecule has 2 aromatic carbocycles. The van der Waals surface area contributed by atoms with Crippen molar-refractivity contribution in [1.29, 1.82) is 0 Å². The molecule has 0 N–H and O–H groups in total. The summed E-state index contributed by atoms with van der Waals surface area (Å²) in [6, 6.07) is 12.5. The maximum atomic E-state index is 13.4. The summed E-state index contributed by atoms with van der Waals surface area (Å²) in [6.07, 6.45) is 1.28. The molecular weight excluding hydrogens is 453 g/mol. The lowest BCUT2D eigenvalue weighted by Crippen LogP contribution is -2.42. The van der Waals surface area contributed by atoms with Crippen LogP contribution in [-0.2, 0) is 4.79 Å². The molecule has 32 heavy (non-hydrogen) atoms. The predicted octanol–water partition coefficient (Wildman–Crippen LogP) is 4.81. The Kier molecular flexibility index (Phi) is 7.77. The van der Waals surface area contributed by atoms with E-state index in [1.54, 1.807) is 60.5 Å². The van der Waals surface area contributed by atoms with Gasteiger partial charge in [-0.15, -0.1) is 0 Å². The Hall–Kier alpha value is -3.03. The van der Waals surface area contributed by atoms with E-state index in [4.69, 9.17) is 32.7 Å². The number of rotatable bonds is 8. The minimum absolute atomic E-state index is 0.0234. The molecule has 1 aromatic heterocycles. The molecule has 7 nitrogen and oxygen atoms in total. The van der Waals surface area contributed by atoms with Crippen molar-refractivity contribution in [2.24, 2.45) is 0 Å². The van der Waals surface area contributed by atoms with E-state index in [1.807, 2.05) is 13.8 Å². The van der Waals surface area contributed by atoms with Gasteiger partial charge in [-0.2, -0.15) is 5.10 Å². The summed E-state index contributed by atoms with van der Waals surface area (Å²) in [6.45, 7) is 4.66. The molecule has 0 saturated heterocycles. The summed E-state index contributed by atoms with van der Waals surface area (Å²) in [5.74, 6) is 0.567. The molecule has 0 aliphatic carbocycles. The summed E-state index contributed by atoms with van der Waals surface area (Å²) in [5.41, 5.74) is -0.197. The number of halogens is 2. The molecule has 3 aromatic rings. The number of nitrogens with zero attached hydrogens (tertiary/aromatic N) is 3. The number of likely N-dealkylation sites (N-methyl/N-ethyl adjacent to an activating group) is 1. The molecule has 1 heterocycles. The van der Waals surface area contributed by atoms with Gasteiger partial charge in [-0.25, -0.2) is 4.68 Å². The largest absolute Gasteiger partial charge is 0.497 e. The predicted molar refractivity (Wildman–Crippen MR) is 124 cm³/mol. The lowest BCUT2D eigenvalue weighted by molar-refractivity contribution is -0.133. The Morgan fingerprint density at radius 1 is 1.03 bits per heavy atom. The van der Waals surface area contributed by atoms with Crippen molar-refractivity contribution < 1.29 is 14.3 Å². The van der Waals surface area contributed by atoms with Crippen molar-refractivity contribution >= 4 is 29.1 Å². The van der Waals surface area contributed by atoms with Gasteiger partial charge in [0.15, 0.2) is 6.04 Å². The molecule has 0 aliphatic heterocycles. The second-order valence-electron chi connectivity index (χ2n) is 6.78. The molecule has 0 saturated carbocycles. The van der Waals surface area contributed by atoms with E-state index in [1.165, 1.54) is 6.20 Å². The first kappa shape index (κ1) is 23.6. The maximum Gasteiger partial charge on any atom is 0.312 e. The first-order valence-electron chi connectivity index (χ1n) is 10.0. The molecule has 168 valence electrons. The molecular formula is C23H23Cl2N3O4. The fraction of sp³-hybridized carbons (Fsp3) is 0.261. The van der Waals surface area contributed by atoms with Gasteiger partial charge in [-0.1, -0.05) is 41.4 Å². The van der Waals surface area contributed by atoms with E-state index < -0.39 is 11.6 Å². The van der Waals surface area contributed by atoms with Gasteiger partial charge in [0.2, 0.25) is 5.75 Å². The summed E-state index contributed by atoms with van der Waals surface area (Å²) < 4.78 is 12.0. The number of aromatic nitrogens is 2. The highest BCUT2D eigenvalue weighted by Gasteiger charge is 2.31. The van der Waals surface area contributed by atoms with Gasteiger partial charge in [0.05, 0.1) is 13.3 Å². The minimum atomic E-state index is -1.08. The fourth-order valence-corrected chi connectivity index (χ4v) is 3.64. The van der Waals surface area contributed by atoms with Crippen molar-refractivity contribution in [3.05, 3.63) is 80.7 Å². The van der Waals surface area contributed by atoms with Crippen molar-refractivity contribution in [2.75, 3.05) is 20.2 Å². The van der Waals surface area contributed by atoms with Crippen LogP contribution in [0.15, 0.2) is 59.5 Å². The second-order valence-corrected chi connectivity index (χ2v) is 7.60. The zero-order valence-electron chi connectivity index (χ0n) is 17.9. The number of hydrogen-bond donors (Lipinski definition) is 0. The average molecular weight is 476 g/mol. The third-order valence-corrected chi connectivity index (χ3v) is 5.56. The van der Waals surface area contributed by atoms with Gasteiger partial charge in [0.1, 0.15) is 16.5 Å². The quantitative estimate of drug-likeness (QED) is 0.467. The average Bonchev–Trinajstić information content (AvgIpc) is 2.80. The Bertz CT molecular complexity index is 1140. The molecule has 0 spiro atoms. The summed E-state index contributed by atoms with van der Waals surface area (Å²) in [5, 5.41) is 4.53. The van der Waals surface area contributed by atoms with Crippen LogP contribution in [0.2, 0.25) is 10.0 Å². The van der Waals surface area contributed by atoms with Crippen LogP contribution in [0.25, 0.3) is 0 Å². The highest BCUT2D eigenvalue weighted by molar-refractivity contribution is 6.32. The normalized spacial score (nSPS) is 11.7. The van der Waals surface area contributed by atoms with Gasteiger partial charge < -0.3 is 14.4 Å². The molecule has 9 heteroatoms. The van der Waals surface area contributed by atoms with E-state index in [0.717, 1.165) is 4.68 Å². The summed E-state index contributed by atoms with van der Waals surface area (Å²) in [4.78, 5) is 28.4. The van der Waals surface area contributed by atoms with Crippen molar-refractivity contribution in [1.82, 2.24) is 14.7 Å². The van der Waals surface area contributed by atoms with Crippen LogP contribution in [-0.4, -0.2) is 40.8 Å². The van der Waals surface area contributed by atoms with E-state index in [2.05, 4.69) is 5.10 Å². The van der Waals surface area contributed by atoms with Crippen LogP contribution >= 0.6 is 23.2 Å². The zero-order valence-corrected chi connectivity index (χ0v) is 19.4. The number of methoxy groups -OCH3 is 1. The standard InChI is InChI=1S/C23H23Cl2N3O4/c1-4-27(5-2)22(29)20(17-8-6-7-9-18(17)24)28-23(30)21(19(25)14-26-28)32-16-12-10-15(31-3)11-13-16/h6-14,20H,4-5H2,1-3H3. The van der Waals surface area contributed by atoms with Crippen molar-refractivity contribution in [3.8, 4) is 17.2 Å². The number of carbonyl (C=O) groups is 1. The highest BCUT2D eigenvalue weighted by Crippen LogP contribution is 2.30. The molecule has 1 atom stereocenters. The lowest BCUT2D eigenvalue weighted by Gasteiger charge is -2.26. The highest BCUT2D eigenvalue weighted by atomic mass is 35.5. The Balaban J connectivity index is 2.12. The van der Waals surface area contributed by atoms with Crippen LogP contribution < -0.4 is 15.0 Å². The number of hydrogen-bond acceptors (Lipinski definition) is 5. The SMILES string of the molecule is CCN(CC)C(=O)C(c1ccccc1Cl)n1ncc(Cl)c(Oc2ccc(OC)cc2)c1=O. The van der Waals surface area contributed by atoms with Crippen molar-refractivity contribution in [3.63, 3.8) is 0 Å². The van der Waals surface area contributed by atoms with Gasteiger partial charge in [0.25, 0.3) is 5.91 Å². The lowest BCUT2D eigenvalue weighted by atomic mass is 10.1. The second kappa shape index (κ2) is 10.5. The minimum Gasteiger partial charge on any atom is -0.497 e. The van der Waals surface area contributed by atoms with E-state index in [0.29, 0.717) is 35.2 Å². The fourth-order valence-electron chi connectivity index (χ4n) is 3.24. The maximum absolute atomic E-state index is 13.4. The van der Waals surface area contributed by atoms with Crippen LogP contribution in [0, 0.1) is 0 Å². The number of carbonyl (C=O) groups excluding carboxylic acids is 1. The van der Waals surface area contributed by atoms with E-state index in [9.17, 15) is 9.59 Å². The van der Waals surface area contributed by atoms with Gasteiger partial charge >= 0.3 is 5.56 Å². The van der Waals surface area contributed by atoms with E-state index >= 15 is 0 Å². The molecule has 3 rings (SSSR count). The molecule has 0 radical (unpaired) electrons. The number of amides is 1. The molecule has 1 amide bonds. The topological polar surface area (TPSA) is 73.7 Å². The first-order valence-corrected chi connectivity index (χ1v) is 10.8. The Labute approximate surface area is 196 Å². The Morgan fingerprint density at radius 3 is 2.25 bits per heavy atom. The number of ether oxygens (including phenoxy) is 2. The third-order valence-electron chi connectivity index (χ3n) is 4.95. The van der Waals surface area contributed by atoms with Crippen LogP contribution in [0.3, 0.4) is 0 Å². The molecule has 0 fully saturated rings. The first-order chi connectivity index (χ1) is 15.4. The van der Waals surface area contributed by atoms with Crippen LogP contribution in [0.5, 0.6) is 17.2 Å². The monoisotopic (exact) mass is 475 g/mol. The van der Waals surface area contributed by atoms with Crippen LogP contribution in [0.4, 0.5) is 0 Å². The number of benzene rings is 2.